The summed E-state index contributed by atoms with van der Waals surface area (Å²) in [6.45, 7) is 3.59. The van der Waals surface area contributed by atoms with Gasteiger partial charge in [0.05, 0.1) is 0 Å². The first-order valence-electron chi connectivity index (χ1n) is 8.40. The summed E-state index contributed by atoms with van der Waals surface area (Å²) in [4.78, 5) is 16.4. The van der Waals surface area contributed by atoms with Crippen LogP contribution in [0, 0.1) is 0 Å². The van der Waals surface area contributed by atoms with Crippen LogP contribution in [0.2, 0.25) is 10.0 Å². The minimum Gasteiger partial charge on any atom is -0.368 e. The number of piperazine rings is 1. The Kier molecular flexibility index (Phi) is 6.05. The largest absolute Gasteiger partial charge is 0.368 e. The van der Waals surface area contributed by atoms with Gasteiger partial charge in [-0.25, -0.2) is 4.79 Å². The summed E-state index contributed by atoms with van der Waals surface area (Å²) in [7, 11) is 0. The molecule has 132 valence electrons. The molecule has 0 radical (unpaired) electrons. The van der Waals surface area contributed by atoms with Crippen molar-refractivity contribution in [1.29, 1.82) is 0 Å². The first kappa shape index (κ1) is 17.9. The average Bonchev–Trinajstić information content (AvgIpc) is 2.63. The Labute approximate surface area is 158 Å². The van der Waals surface area contributed by atoms with E-state index in [0.29, 0.717) is 19.6 Å². The molecular formula is C19H21Cl2N3O. The number of rotatable bonds is 4. The number of anilines is 1. The number of amides is 2. The Balaban J connectivity index is 1.45. The number of hydrogen-bond donors (Lipinski definition) is 1. The van der Waals surface area contributed by atoms with Crippen LogP contribution in [0.1, 0.15) is 5.56 Å². The van der Waals surface area contributed by atoms with Gasteiger partial charge in [0, 0.05) is 48.5 Å². The molecule has 0 saturated carbocycles. The van der Waals surface area contributed by atoms with Crippen molar-refractivity contribution in [3.63, 3.8) is 0 Å². The van der Waals surface area contributed by atoms with Crippen molar-refractivity contribution >= 4 is 34.9 Å². The Morgan fingerprint density at radius 2 is 1.76 bits per heavy atom. The topological polar surface area (TPSA) is 35.6 Å². The summed E-state index contributed by atoms with van der Waals surface area (Å²) >= 11 is 12.2. The van der Waals surface area contributed by atoms with Gasteiger partial charge in [0.25, 0.3) is 0 Å². The highest BCUT2D eigenvalue weighted by Gasteiger charge is 2.21. The van der Waals surface area contributed by atoms with E-state index in [0.717, 1.165) is 40.8 Å². The second-order valence-electron chi connectivity index (χ2n) is 6.03. The highest BCUT2D eigenvalue weighted by atomic mass is 35.5. The fourth-order valence-corrected chi connectivity index (χ4v) is 3.37. The quantitative estimate of drug-likeness (QED) is 0.871. The summed E-state index contributed by atoms with van der Waals surface area (Å²) in [5.41, 5.74) is 2.15. The molecule has 6 heteroatoms. The molecule has 0 aliphatic carbocycles. The number of nitrogens with zero attached hydrogens (tertiary/aromatic N) is 2. The lowest BCUT2D eigenvalue weighted by atomic mass is 10.1. The van der Waals surface area contributed by atoms with E-state index in [4.69, 9.17) is 23.2 Å². The third-order valence-corrected chi connectivity index (χ3v) is 4.97. The summed E-state index contributed by atoms with van der Waals surface area (Å²) in [5, 5.41) is 4.46. The van der Waals surface area contributed by atoms with E-state index in [-0.39, 0.29) is 6.03 Å². The van der Waals surface area contributed by atoms with Crippen LogP contribution in [0.15, 0.2) is 48.5 Å². The second kappa shape index (κ2) is 8.45. The predicted molar refractivity (Wildman–Crippen MR) is 104 cm³/mol. The Bertz CT molecular complexity index is 730. The maximum Gasteiger partial charge on any atom is 0.317 e. The second-order valence-corrected chi connectivity index (χ2v) is 6.87. The van der Waals surface area contributed by atoms with E-state index in [1.165, 1.54) is 0 Å². The molecule has 4 nitrogen and oxygen atoms in total. The van der Waals surface area contributed by atoms with Gasteiger partial charge in [-0.15, -0.1) is 0 Å². The van der Waals surface area contributed by atoms with Gasteiger partial charge in [0.1, 0.15) is 0 Å². The minimum atomic E-state index is -0.0159. The van der Waals surface area contributed by atoms with Crippen molar-refractivity contribution < 1.29 is 4.79 Å². The monoisotopic (exact) mass is 377 g/mol. The molecule has 0 unspecified atom stereocenters. The number of benzene rings is 2. The zero-order valence-electron chi connectivity index (χ0n) is 13.9. The fourth-order valence-electron chi connectivity index (χ4n) is 2.96. The van der Waals surface area contributed by atoms with Gasteiger partial charge in [-0.2, -0.15) is 0 Å². The molecule has 3 rings (SSSR count). The van der Waals surface area contributed by atoms with Crippen LogP contribution < -0.4 is 10.2 Å². The maximum absolute atomic E-state index is 12.3. The fraction of sp³-hybridized carbons (Fsp3) is 0.316. The van der Waals surface area contributed by atoms with Crippen LogP contribution in [0.25, 0.3) is 0 Å². The molecule has 2 aromatic rings. The number of hydrogen-bond acceptors (Lipinski definition) is 2. The van der Waals surface area contributed by atoms with Crippen LogP contribution in [-0.4, -0.2) is 43.7 Å². The van der Waals surface area contributed by atoms with Crippen LogP contribution >= 0.6 is 23.2 Å². The molecule has 1 saturated heterocycles. The zero-order valence-corrected chi connectivity index (χ0v) is 15.4. The van der Waals surface area contributed by atoms with E-state index >= 15 is 0 Å². The molecule has 0 spiro atoms. The highest BCUT2D eigenvalue weighted by Crippen LogP contribution is 2.20. The predicted octanol–water partition coefficient (Wildman–Crippen LogP) is 4.07. The van der Waals surface area contributed by atoms with E-state index < -0.39 is 0 Å². The molecular weight excluding hydrogens is 357 g/mol. The van der Waals surface area contributed by atoms with Gasteiger partial charge < -0.3 is 15.1 Å². The minimum absolute atomic E-state index is 0.0159. The standard InChI is InChI=1S/C19H21Cl2N3O/c20-16-5-3-6-17(14-16)23-10-12-24(13-11-23)19(25)22-9-8-15-4-1-2-7-18(15)21/h1-7,14H,8-13H2,(H,22,25). The molecule has 1 N–H and O–H groups in total. The summed E-state index contributed by atoms with van der Waals surface area (Å²) < 4.78 is 0. The molecule has 1 aliphatic heterocycles. The number of halogens is 2. The van der Waals surface area contributed by atoms with Crippen molar-refractivity contribution in [3.8, 4) is 0 Å². The number of carbonyl (C=O) groups excluding carboxylic acids is 1. The van der Waals surface area contributed by atoms with Crippen molar-refractivity contribution in [3.05, 3.63) is 64.1 Å². The summed E-state index contributed by atoms with van der Waals surface area (Å²) in [6.07, 6.45) is 0.730. The van der Waals surface area contributed by atoms with Crippen LogP contribution in [-0.2, 0) is 6.42 Å². The summed E-state index contributed by atoms with van der Waals surface area (Å²) in [5.74, 6) is 0. The maximum atomic E-state index is 12.3. The average molecular weight is 378 g/mol. The lowest BCUT2D eigenvalue weighted by Gasteiger charge is -2.36. The Morgan fingerprint density at radius 3 is 2.48 bits per heavy atom. The Hall–Kier alpha value is -1.91. The van der Waals surface area contributed by atoms with Gasteiger partial charge in [0.2, 0.25) is 0 Å². The number of carbonyl (C=O) groups is 1. The molecule has 0 aromatic heterocycles. The molecule has 0 bridgehead atoms. The van der Waals surface area contributed by atoms with Crippen LogP contribution in [0.3, 0.4) is 0 Å². The molecule has 1 fully saturated rings. The molecule has 1 aliphatic rings. The van der Waals surface area contributed by atoms with Gasteiger partial charge in [-0.1, -0.05) is 47.5 Å². The van der Waals surface area contributed by atoms with Crippen LogP contribution in [0.5, 0.6) is 0 Å². The van der Waals surface area contributed by atoms with E-state index in [1.807, 2.05) is 53.4 Å². The molecule has 1 heterocycles. The third-order valence-electron chi connectivity index (χ3n) is 4.37. The van der Waals surface area contributed by atoms with Gasteiger partial charge in [-0.05, 0) is 36.2 Å². The highest BCUT2D eigenvalue weighted by molar-refractivity contribution is 6.31. The van der Waals surface area contributed by atoms with Crippen LogP contribution in [0.4, 0.5) is 10.5 Å². The number of nitrogens with one attached hydrogen (secondary N) is 1. The van der Waals surface area contributed by atoms with Gasteiger partial charge >= 0.3 is 6.03 Å². The first-order valence-corrected chi connectivity index (χ1v) is 9.16. The third kappa shape index (κ3) is 4.80. The van der Waals surface area contributed by atoms with Gasteiger partial charge in [-0.3, -0.25) is 0 Å². The first-order chi connectivity index (χ1) is 12.1. The van der Waals surface area contributed by atoms with E-state index in [2.05, 4.69) is 10.2 Å². The molecule has 0 atom stereocenters. The normalized spacial score (nSPS) is 14.5. The van der Waals surface area contributed by atoms with Crippen molar-refractivity contribution in [2.45, 2.75) is 6.42 Å². The SMILES string of the molecule is O=C(NCCc1ccccc1Cl)N1CCN(c2cccc(Cl)c2)CC1. The van der Waals surface area contributed by atoms with Gasteiger partial charge in [0.15, 0.2) is 0 Å². The zero-order chi connectivity index (χ0) is 17.6. The van der Waals surface area contributed by atoms with E-state index in [9.17, 15) is 4.79 Å². The summed E-state index contributed by atoms with van der Waals surface area (Å²) in [6, 6.07) is 15.5. The molecule has 2 amide bonds. The molecule has 25 heavy (non-hydrogen) atoms. The van der Waals surface area contributed by atoms with Crippen molar-refractivity contribution in [2.24, 2.45) is 0 Å². The van der Waals surface area contributed by atoms with Crippen molar-refractivity contribution in [2.75, 3.05) is 37.6 Å². The number of urea groups is 1. The lowest BCUT2D eigenvalue weighted by molar-refractivity contribution is 0.194. The smallest absolute Gasteiger partial charge is 0.317 e. The van der Waals surface area contributed by atoms with Crippen molar-refractivity contribution in [1.82, 2.24) is 10.2 Å². The van der Waals surface area contributed by atoms with E-state index in [1.54, 1.807) is 0 Å². The molecule has 2 aromatic carbocycles. The Morgan fingerprint density at radius 1 is 1.00 bits per heavy atom. The lowest BCUT2D eigenvalue weighted by Crippen LogP contribution is -2.52.